The van der Waals surface area contributed by atoms with Gasteiger partial charge in [-0.25, -0.2) is 9.18 Å². The third-order valence-corrected chi connectivity index (χ3v) is 1.54. The van der Waals surface area contributed by atoms with Gasteiger partial charge in [-0.2, -0.15) is 0 Å². The van der Waals surface area contributed by atoms with Gasteiger partial charge in [-0.15, -0.1) is 0 Å². The molecule has 1 N–H and O–H groups in total. The number of hydrogen-bond acceptors (Lipinski definition) is 2. The molecule has 1 aromatic carbocycles. The largest absolute Gasteiger partial charge is 0.511 e. The molecule has 4 heteroatoms. The second-order valence-electron chi connectivity index (χ2n) is 2.52. The van der Waals surface area contributed by atoms with Crippen molar-refractivity contribution in [3.05, 3.63) is 29.8 Å². The molecule has 1 rings (SSSR count). The van der Waals surface area contributed by atoms with Gasteiger partial charge in [-0.1, -0.05) is 18.2 Å². The first-order valence-corrected chi connectivity index (χ1v) is 3.75. The molecule has 0 radical (unpaired) electrons. The zero-order valence-electron chi connectivity index (χ0n) is 7.03. The normalized spacial score (nSPS) is 12.2. The van der Waals surface area contributed by atoms with E-state index in [1.165, 1.54) is 19.1 Å². The SMILES string of the molecule is CC(F)c1ccccc1OC(=O)O. The van der Waals surface area contributed by atoms with Gasteiger partial charge in [0.1, 0.15) is 11.9 Å². The quantitative estimate of drug-likeness (QED) is 0.567. The van der Waals surface area contributed by atoms with E-state index < -0.39 is 12.3 Å². The van der Waals surface area contributed by atoms with Crippen molar-refractivity contribution in [2.75, 3.05) is 0 Å². The molecule has 0 aromatic heterocycles. The molecule has 1 atom stereocenters. The molecular formula is C9H9FO3. The van der Waals surface area contributed by atoms with Crippen LogP contribution in [0.5, 0.6) is 5.75 Å². The molecule has 70 valence electrons. The molecule has 0 saturated heterocycles. The first kappa shape index (κ1) is 9.51. The van der Waals surface area contributed by atoms with Crippen LogP contribution < -0.4 is 4.74 Å². The highest BCUT2D eigenvalue weighted by Crippen LogP contribution is 2.26. The number of rotatable bonds is 2. The van der Waals surface area contributed by atoms with Crippen molar-refractivity contribution in [3.8, 4) is 5.75 Å². The number of benzene rings is 1. The third-order valence-electron chi connectivity index (χ3n) is 1.54. The van der Waals surface area contributed by atoms with Crippen LogP contribution in [0.15, 0.2) is 24.3 Å². The summed E-state index contributed by atoms with van der Waals surface area (Å²) in [5.41, 5.74) is 0.241. The predicted molar refractivity (Wildman–Crippen MR) is 44.6 cm³/mol. The lowest BCUT2D eigenvalue weighted by Gasteiger charge is -2.07. The van der Waals surface area contributed by atoms with Crippen molar-refractivity contribution in [1.29, 1.82) is 0 Å². The summed E-state index contributed by atoms with van der Waals surface area (Å²) < 4.78 is 17.3. The number of halogens is 1. The zero-order valence-corrected chi connectivity index (χ0v) is 7.03. The second kappa shape index (κ2) is 3.89. The number of carbonyl (C=O) groups is 1. The van der Waals surface area contributed by atoms with Crippen molar-refractivity contribution in [3.63, 3.8) is 0 Å². The van der Waals surface area contributed by atoms with Crippen LogP contribution in [0.25, 0.3) is 0 Å². The number of alkyl halides is 1. The maximum Gasteiger partial charge on any atom is 0.511 e. The standard InChI is InChI=1S/C9H9FO3/c1-6(10)7-4-2-3-5-8(7)13-9(11)12/h2-6H,1H3,(H,11,12). The van der Waals surface area contributed by atoms with E-state index in [0.29, 0.717) is 0 Å². The van der Waals surface area contributed by atoms with Crippen molar-refractivity contribution in [2.45, 2.75) is 13.1 Å². The lowest BCUT2D eigenvalue weighted by molar-refractivity contribution is 0.143. The first-order valence-electron chi connectivity index (χ1n) is 3.75. The fourth-order valence-electron chi connectivity index (χ4n) is 0.996. The Bertz CT molecular complexity index is 309. The molecule has 1 unspecified atom stereocenters. The molecule has 0 aliphatic carbocycles. The van der Waals surface area contributed by atoms with Crippen LogP contribution in [0, 0.1) is 0 Å². The monoisotopic (exact) mass is 184 g/mol. The highest BCUT2D eigenvalue weighted by atomic mass is 19.1. The maximum absolute atomic E-state index is 12.9. The van der Waals surface area contributed by atoms with Crippen LogP contribution >= 0.6 is 0 Å². The van der Waals surface area contributed by atoms with Gasteiger partial charge in [0.2, 0.25) is 0 Å². The summed E-state index contributed by atoms with van der Waals surface area (Å²) in [7, 11) is 0. The second-order valence-corrected chi connectivity index (χ2v) is 2.52. The van der Waals surface area contributed by atoms with E-state index >= 15 is 0 Å². The van der Waals surface area contributed by atoms with Gasteiger partial charge >= 0.3 is 6.16 Å². The minimum atomic E-state index is -1.44. The highest BCUT2D eigenvalue weighted by molar-refractivity contribution is 5.62. The fraction of sp³-hybridized carbons (Fsp3) is 0.222. The number of hydrogen-bond donors (Lipinski definition) is 1. The molecule has 3 nitrogen and oxygen atoms in total. The molecule has 0 heterocycles. The van der Waals surface area contributed by atoms with Crippen molar-refractivity contribution >= 4 is 6.16 Å². The van der Waals surface area contributed by atoms with Crippen LogP contribution in [-0.2, 0) is 0 Å². The average Bonchev–Trinajstić information content (AvgIpc) is 2.03. The van der Waals surface area contributed by atoms with Crippen LogP contribution in [0.4, 0.5) is 9.18 Å². The Balaban J connectivity index is 2.97. The Hall–Kier alpha value is -1.58. The summed E-state index contributed by atoms with van der Waals surface area (Å²) >= 11 is 0. The van der Waals surface area contributed by atoms with E-state index in [-0.39, 0.29) is 11.3 Å². The maximum atomic E-state index is 12.9. The first-order chi connectivity index (χ1) is 6.11. The van der Waals surface area contributed by atoms with E-state index in [2.05, 4.69) is 4.74 Å². The van der Waals surface area contributed by atoms with E-state index in [4.69, 9.17) is 5.11 Å². The van der Waals surface area contributed by atoms with Crippen molar-refractivity contribution < 1.29 is 19.0 Å². The predicted octanol–water partition coefficient (Wildman–Crippen LogP) is 2.77. The van der Waals surface area contributed by atoms with Gasteiger partial charge in [-0.05, 0) is 13.0 Å². The summed E-state index contributed by atoms with van der Waals surface area (Å²) in [6.45, 7) is 1.32. The number of carboxylic acid groups (broad SMARTS) is 1. The summed E-state index contributed by atoms with van der Waals surface area (Å²) in [6, 6.07) is 6.12. The van der Waals surface area contributed by atoms with Crippen LogP contribution in [-0.4, -0.2) is 11.3 Å². The van der Waals surface area contributed by atoms with Gasteiger partial charge in [0.15, 0.2) is 0 Å². The lowest BCUT2D eigenvalue weighted by Crippen LogP contribution is -2.05. The van der Waals surface area contributed by atoms with E-state index in [1.807, 2.05) is 0 Å². The lowest BCUT2D eigenvalue weighted by atomic mass is 10.1. The molecular weight excluding hydrogens is 175 g/mol. The van der Waals surface area contributed by atoms with Crippen LogP contribution in [0.2, 0.25) is 0 Å². The molecule has 13 heavy (non-hydrogen) atoms. The molecule has 0 fully saturated rings. The highest BCUT2D eigenvalue weighted by Gasteiger charge is 2.11. The van der Waals surface area contributed by atoms with Crippen molar-refractivity contribution in [1.82, 2.24) is 0 Å². The smallest absolute Gasteiger partial charge is 0.449 e. The minimum Gasteiger partial charge on any atom is -0.449 e. The number of para-hydroxylation sites is 1. The van der Waals surface area contributed by atoms with E-state index in [0.717, 1.165) is 0 Å². The van der Waals surface area contributed by atoms with Gasteiger partial charge in [-0.3, -0.25) is 0 Å². The Morgan fingerprint density at radius 3 is 2.69 bits per heavy atom. The van der Waals surface area contributed by atoms with E-state index in [1.54, 1.807) is 12.1 Å². The summed E-state index contributed by atoms with van der Waals surface area (Å²) in [5, 5.41) is 8.33. The summed E-state index contributed by atoms with van der Waals surface area (Å²) in [5.74, 6) is 0.0463. The van der Waals surface area contributed by atoms with Gasteiger partial charge in [0, 0.05) is 5.56 Å². The molecule has 0 aliphatic heterocycles. The minimum absolute atomic E-state index is 0.0463. The molecule has 0 bridgehead atoms. The molecule has 0 saturated carbocycles. The summed E-state index contributed by atoms with van der Waals surface area (Å²) in [4.78, 5) is 10.2. The zero-order chi connectivity index (χ0) is 9.84. The van der Waals surface area contributed by atoms with Crippen LogP contribution in [0.3, 0.4) is 0 Å². The Labute approximate surface area is 74.8 Å². The molecule has 0 aliphatic rings. The molecule has 1 aromatic rings. The number of ether oxygens (including phenoxy) is 1. The van der Waals surface area contributed by atoms with Crippen LogP contribution in [0.1, 0.15) is 18.7 Å². The van der Waals surface area contributed by atoms with Crippen molar-refractivity contribution in [2.24, 2.45) is 0 Å². The average molecular weight is 184 g/mol. The topological polar surface area (TPSA) is 46.5 Å². The van der Waals surface area contributed by atoms with Gasteiger partial charge in [0.05, 0.1) is 0 Å². The fourth-order valence-corrected chi connectivity index (χ4v) is 0.996. The van der Waals surface area contributed by atoms with Gasteiger partial charge < -0.3 is 9.84 Å². The Morgan fingerprint density at radius 1 is 1.54 bits per heavy atom. The Morgan fingerprint density at radius 2 is 2.15 bits per heavy atom. The van der Waals surface area contributed by atoms with Gasteiger partial charge in [0.25, 0.3) is 0 Å². The molecule has 0 amide bonds. The summed E-state index contributed by atoms with van der Waals surface area (Å²) in [6.07, 6.45) is -2.68. The Kier molecular flexibility index (Phi) is 2.84. The van der Waals surface area contributed by atoms with E-state index in [9.17, 15) is 9.18 Å². The molecule has 0 spiro atoms. The third kappa shape index (κ3) is 2.43.